The number of amides is 1. The summed E-state index contributed by atoms with van der Waals surface area (Å²) in [5.41, 5.74) is -0.115. The molecule has 0 saturated carbocycles. The Morgan fingerprint density at radius 2 is 2.31 bits per heavy atom. The van der Waals surface area contributed by atoms with Crippen LogP contribution in [0.5, 0.6) is 0 Å². The fraction of sp³-hybridized carbons (Fsp3) is 0.667. The van der Waals surface area contributed by atoms with E-state index in [9.17, 15) is 9.59 Å². The van der Waals surface area contributed by atoms with Crippen molar-refractivity contribution in [1.82, 2.24) is 10.6 Å². The van der Waals surface area contributed by atoms with Gasteiger partial charge in [0.1, 0.15) is 0 Å². The molecule has 1 unspecified atom stereocenters. The topological polar surface area (TPSA) is 100 Å². The molecule has 0 saturated heterocycles. The van der Waals surface area contributed by atoms with Crippen LogP contribution in [0.2, 0.25) is 0 Å². The molecule has 1 rings (SSSR count). The van der Waals surface area contributed by atoms with Gasteiger partial charge in [-0.25, -0.2) is 4.79 Å². The number of carboxylic acids is 1. The molecule has 3 N–H and O–H groups in total. The maximum atomic E-state index is 11.5. The van der Waals surface area contributed by atoms with Crippen molar-refractivity contribution in [3.63, 3.8) is 0 Å². The summed E-state index contributed by atoms with van der Waals surface area (Å²) in [4.78, 5) is 26.7. The van der Waals surface area contributed by atoms with Crippen LogP contribution in [0.4, 0.5) is 0 Å². The van der Waals surface area contributed by atoms with Crippen molar-refractivity contribution in [3.05, 3.63) is 0 Å². The Labute approximate surface area is 92.8 Å². The number of hydrogen-bond donors (Lipinski definition) is 3. The molecular weight excluding hydrogens is 214 g/mol. The normalized spacial score (nSPS) is 18.8. The standard InChI is InChI=1S/C9H15N3O4/c1-10-3-2-4-11-8(13)7-5-6(9(14)15)12-16-7/h7,10H,2-5H2,1H3,(H,11,13)(H,14,15). The molecule has 1 atom stereocenters. The van der Waals surface area contributed by atoms with E-state index in [1.807, 2.05) is 7.05 Å². The molecule has 0 fully saturated rings. The average molecular weight is 229 g/mol. The van der Waals surface area contributed by atoms with Crippen LogP contribution in [-0.4, -0.2) is 48.9 Å². The highest BCUT2D eigenvalue weighted by molar-refractivity contribution is 6.36. The maximum Gasteiger partial charge on any atom is 0.353 e. The molecule has 1 aliphatic rings. The van der Waals surface area contributed by atoms with Crippen molar-refractivity contribution in [2.45, 2.75) is 18.9 Å². The minimum atomic E-state index is -1.15. The smallest absolute Gasteiger partial charge is 0.353 e. The lowest BCUT2D eigenvalue weighted by atomic mass is 10.1. The molecular formula is C9H15N3O4. The van der Waals surface area contributed by atoms with E-state index in [1.165, 1.54) is 0 Å². The van der Waals surface area contributed by atoms with Gasteiger partial charge in [0.15, 0.2) is 5.71 Å². The fourth-order valence-electron chi connectivity index (χ4n) is 1.23. The zero-order chi connectivity index (χ0) is 12.0. The van der Waals surface area contributed by atoms with Crippen LogP contribution in [0, 0.1) is 0 Å². The molecule has 0 aromatic heterocycles. The summed E-state index contributed by atoms with van der Waals surface area (Å²) < 4.78 is 0. The van der Waals surface area contributed by atoms with Crippen molar-refractivity contribution >= 4 is 17.6 Å². The Morgan fingerprint density at radius 3 is 2.88 bits per heavy atom. The lowest BCUT2D eigenvalue weighted by Gasteiger charge is -2.08. The molecule has 0 radical (unpaired) electrons. The monoisotopic (exact) mass is 229 g/mol. The highest BCUT2D eigenvalue weighted by Gasteiger charge is 2.31. The van der Waals surface area contributed by atoms with E-state index in [4.69, 9.17) is 9.94 Å². The number of nitrogens with one attached hydrogen (secondary N) is 2. The lowest BCUT2D eigenvalue weighted by molar-refractivity contribution is -0.131. The minimum absolute atomic E-state index is 0.0210. The molecule has 0 aromatic rings. The first-order valence-electron chi connectivity index (χ1n) is 5.03. The van der Waals surface area contributed by atoms with Crippen molar-refractivity contribution in [1.29, 1.82) is 0 Å². The number of carbonyl (C=O) groups is 2. The van der Waals surface area contributed by atoms with Gasteiger partial charge in [-0.05, 0) is 20.0 Å². The van der Waals surface area contributed by atoms with Crippen molar-refractivity contribution < 1.29 is 19.5 Å². The highest BCUT2D eigenvalue weighted by atomic mass is 16.6. The van der Waals surface area contributed by atoms with Crippen LogP contribution in [0.1, 0.15) is 12.8 Å². The Morgan fingerprint density at radius 1 is 1.56 bits per heavy atom. The number of nitrogens with zero attached hydrogens (tertiary/aromatic N) is 1. The molecule has 7 nitrogen and oxygen atoms in total. The van der Waals surface area contributed by atoms with E-state index in [-0.39, 0.29) is 18.0 Å². The number of hydrogen-bond acceptors (Lipinski definition) is 5. The van der Waals surface area contributed by atoms with Gasteiger partial charge >= 0.3 is 5.97 Å². The first-order valence-corrected chi connectivity index (χ1v) is 5.03. The van der Waals surface area contributed by atoms with E-state index in [0.29, 0.717) is 6.54 Å². The second-order valence-electron chi connectivity index (χ2n) is 3.39. The summed E-state index contributed by atoms with van der Waals surface area (Å²) >= 11 is 0. The van der Waals surface area contributed by atoms with Gasteiger partial charge in [0.25, 0.3) is 5.91 Å². The second kappa shape index (κ2) is 6.06. The Bertz CT molecular complexity index is 303. The van der Waals surface area contributed by atoms with Gasteiger partial charge in [-0.1, -0.05) is 5.16 Å². The Kier molecular flexibility index (Phi) is 4.71. The summed E-state index contributed by atoms with van der Waals surface area (Å²) in [7, 11) is 1.83. The second-order valence-corrected chi connectivity index (χ2v) is 3.39. The van der Waals surface area contributed by atoms with Crippen LogP contribution in [-0.2, 0) is 14.4 Å². The summed E-state index contributed by atoms with van der Waals surface area (Å²) in [5.74, 6) is -1.47. The van der Waals surface area contributed by atoms with Gasteiger partial charge in [0, 0.05) is 13.0 Å². The van der Waals surface area contributed by atoms with Gasteiger partial charge in [-0.15, -0.1) is 0 Å². The molecule has 0 spiro atoms. The Hall–Kier alpha value is -1.63. The van der Waals surface area contributed by atoms with Crippen molar-refractivity contribution in [2.75, 3.05) is 20.1 Å². The van der Waals surface area contributed by atoms with E-state index < -0.39 is 12.1 Å². The van der Waals surface area contributed by atoms with Gasteiger partial charge in [0.05, 0.1) is 0 Å². The number of carbonyl (C=O) groups excluding carboxylic acids is 1. The first kappa shape index (κ1) is 12.4. The summed E-state index contributed by atoms with van der Waals surface area (Å²) in [6.45, 7) is 1.34. The number of rotatable bonds is 6. The minimum Gasteiger partial charge on any atom is -0.477 e. The summed E-state index contributed by atoms with van der Waals surface area (Å²) in [6.07, 6.45) is 0.0233. The molecule has 0 aromatic carbocycles. The number of aliphatic carboxylic acids is 1. The number of carboxylic acid groups (broad SMARTS) is 1. The van der Waals surface area contributed by atoms with E-state index in [0.717, 1.165) is 13.0 Å². The summed E-state index contributed by atoms with van der Waals surface area (Å²) in [6, 6.07) is 0. The van der Waals surface area contributed by atoms with Crippen LogP contribution in [0.15, 0.2) is 5.16 Å². The van der Waals surface area contributed by atoms with Crippen LogP contribution < -0.4 is 10.6 Å². The zero-order valence-corrected chi connectivity index (χ0v) is 9.02. The molecule has 1 aliphatic heterocycles. The molecule has 90 valence electrons. The van der Waals surface area contributed by atoms with Gasteiger partial charge in [-0.2, -0.15) is 0 Å². The van der Waals surface area contributed by atoms with Crippen molar-refractivity contribution in [2.24, 2.45) is 5.16 Å². The predicted molar refractivity (Wildman–Crippen MR) is 56.1 cm³/mol. The number of oxime groups is 1. The molecule has 0 bridgehead atoms. The van der Waals surface area contributed by atoms with Crippen LogP contribution in [0.25, 0.3) is 0 Å². The third-order valence-electron chi connectivity index (χ3n) is 2.11. The maximum absolute atomic E-state index is 11.5. The molecule has 1 heterocycles. The van der Waals surface area contributed by atoms with E-state index >= 15 is 0 Å². The Balaban J connectivity index is 2.23. The molecule has 1 amide bonds. The van der Waals surface area contributed by atoms with Crippen LogP contribution >= 0.6 is 0 Å². The third-order valence-corrected chi connectivity index (χ3v) is 2.11. The quantitative estimate of drug-likeness (QED) is 0.504. The van der Waals surface area contributed by atoms with Gasteiger partial charge in [0.2, 0.25) is 6.10 Å². The van der Waals surface area contributed by atoms with E-state index in [2.05, 4.69) is 15.8 Å². The largest absolute Gasteiger partial charge is 0.477 e. The lowest BCUT2D eigenvalue weighted by Crippen LogP contribution is -2.36. The van der Waals surface area contributed by atoms with Gasteiger partial charge < -0.3 is 20.6 Å². The fourth-order valence-corrected chi connectivity index (χ4v) is 1.23. The molecule has 0 aliphatic carbocycles. The third kappa shape index (κ3) is 3.50. The molecule has 7 heteroatoms. The van der Waals surface area contributed by atoms with Crippen LogP contribution in [0.3, 0.4) is 0 Å². The zero-order valence-electron chi connectivity index (χ0n) is 9.02. The summed E-state index contributed by atoms with van der Waals surface area (Å²) in [5, 5.41) is 17.5. The SMILES string of the molecule is CNCCCNC(=O)C1CC(C(=O)O)=NO1. The average Bonchev–Trinajstić information content (AvgIpc) is 2.73. The van der Waals surface area contributed by atoms with E-state index in [1.54, 1.807) is 0 Å². The highest BCUT2D eigenvalue weighted by Crippen LogP contribution is 2.10. The van der Waals surface area contributed by atoms with Gasteiger partial charge in [-0.3, -0.25) is 4.79 Å². The molecule has 16 heavy (non-hydrogen) atoms. The first-order chi connectivity index (χ1) is 7.65. The van der Waals surface area contributed by atoms with Crippen molar-refractivity contribution in [3.8, 4) is 0 Å². The predicted octanol–water partition coefficient (Wildman–Crippen LogP) is -1.06.